The second-order valence-electron chi connectivity index (χ2n) is 9.56. The number of rotatable bonds is 8. The van der Waals surface area contributed by atoms with Crippen LogP contribution in [0.3, 0.4) is 0 Å². The zero-order valence-electron chi connectivity index (χ0n) is 20.6. The van der Waals surface area contributed by atoms with Gasteiger partial charge in [0.25, 0.3) is 5.91 Å². The van der Waals surface area contributed by atoms with Crippen molar-refractivity contribution in [1.29, 1.82) is 0 Å². The maximum atomic E-state index is 14.0. The minimum absolute atomic E-state index is 0.0379. The van der Waals surface area contributed by atoms with Crippen LogP contribution in [0.25, 0.3) is 0 Å². The summed E-state index contributed by atoms with van der Waals surface area (Å²) in [7, 11) is 0. The topological polar surface area (TPSA) is 127 Å². The van der Waals surface area contributed by atoms with Gasteiger partial charge in [-0.25, -0.2) is 29.1 Å². The molecule has 3 heterocycles. The number of nitrogens with one attached hydrogen (secondary N) is 1. The van der Waals surface area contributed by atoms with Crippen LogP contribution < -0.4 is 5.48 Å². The van der Waals surface area contributed by atoms with Crippen molar-refractivity contribution in [2.24, 2.45) is 0 Å². The minimum atomic E-state index is -2.47. The Balaban J connectivity index is 1.55. The molecule has 12 nitrogen and oxygen atoms in total. The van der Waals surface area contributed by atoms with Gasteiger partial charge in [0, 0.05) is 6.54 Å². The van der Waals surface area contributed by atoms with Crippen LogP contribution in [0.4, 0.5) is 14.0 Å². The van der Waals surface area contributed by atoms with Crippen molar-refractivity contribution in [3.05, 3.63) is 11.6 Å². The van der Waals surface area contributed by atoms with Gasteiger partial charge in [0.1, 0.15) is 11.6 Å². The summed E-state index contributed by atoms with van der Waals surface area (Å²) in [6, 6.07) is -2.69. The molecule has 3 aliphatic heterocycles. The molecule has 2 saturated heterocycles. The molecule has 4 atom stereocenters. The van der Waals surface area contributed by atoms with Crippen molar-refractivity contribution in [3.63, 3.8) is 0 Å². The molecule has 196 valence electrons. The summed E-state index contributed by atoms with van der Waals surface area (Å²) in [6.07, 6.45) is 0.171. The predicted molar refractivity (Wildman–Crippen MR) is 118 cm³/mol. The number of hydroxylamine groups is 3. The van der Waals surface area contributed by atoms with E-state index >= 15 is 0 Å². The second kappa shape index (κ2) is 10.8. The molecule has 3 aliphatic rings. The molecule has 0 saturated carbocycles. The molecule has 0 spiro atoms. The zero-order chi connectivity index (χ0) is 25.9. The summed E-state index contributed by atoms with van der Waals surface area (Å²) < 4.78 is 24.0. The number of hydrogen-bond donors (Lipinski definition) is 1. The van der Waals surface area contributed by atoms with E-state index in [0.29, 0.717) is 18.5 Å². The van der Waals surface area contributed by atoms with E-state index in [4.69, 9.17) is 14.4 Å². The lowest BCUT2D eigenvalue weighted by molar-refractivity contribution is -0.223. The molecule has 0 unspecified atom stereocenters. The largest absolute Gasteiger partial charge is 0.462 e. The summed E-state index contributed by atoms with van der Waals surface area (Å²) in [4.78, 5) is 62.6. The molecule has 0 aromatic carbocycles. The smallest absolute Gasteiger partial charge is 0.410 e. The highest BCUT2D eigenvalue weighted by molar-refractivity contribution is 5.91. The van der Waals surface area contributed by atoms with Crippen molar-refractivity contribution >= 4 is 24.0 Å². The van der Waals surface area contributed by atoms with Gasteiger partial charge in [-0.2, -0.15) is 5.06 Å². The number of halogens is 1. The van der Waals surface area contributed by atoms with Crippen LogP contribution >= 0.6 is 0 Å². The fraction of sp³-hybridized carbons (Fsp3) is 0.727. The fourth-order valence-electron chi connectivity index (χ4n) is 4.26. The molecular formula is C22H33FN4O8. The molecule has 1 N–H and O–H groups in total. The first-order chi connectivity index (χ1) is 16.4. The highest BCUT2D eigenvalue weighted by Crippen LogP contribution is 2.30. The van der Waals surface area contributed by atoms with E-state index in [9.17, 15) is 23.6 Å². The minimum Gasteiger partial charge on any atom is -0.462 e. The van der Waals surface area contributed by atoms with Gasteiger partial charge in [0.15, 0.2) is 0 Å². The molecule has 13 heteroatoms. The maximum absolute atomic E-state index is 14.0. The number of likely N-dealkylation sites (tertiary alicyclic amines) is 1. The lowest BCUT2D eigenvalue weighted by Crippen LogP contribution is -2.51. The predicted octanol–water partition coefficient (Wildman–Crippen LogP) is 1.66. The summed E-state index contributed by atoms with van der Waals surface area (Å²) in [5.74, 6) is -1.84. The summed E-state index contributed by atoms with van der Waals surface area (Å²) in [6.45, 7) is 9.14. The van der Waals surface area contributed by atoms with Crippen LogP contribution in [-0.4, -0.2) is 95.3 Å². The third kappa shape index (κ3) is 6.20. The van der Waals surface area contributed by atoms with E-state index in [1.807, 2.05) is 0 Å². The van der Waals surface area contributed by atoms with E-state index < -0.39 is 48.0 Å². The Morgan fingerprint density at radius 2 is 2.00 bits per heavy atom. The number of esters is 1. The second-order valence-corrected chi connectivity index (χ2v) is 9.56. The monoisotopic (exact) mass is 500 g/mol. The number of hydrogen-bond acceptors (Lipinski definition) is 8. The third-order valence-electron chi connectivity index (χ3n) is 5.70. The summed E-state index contributed by atoms with van der Waals surface area (Å²) in [5.41, 5.74) is 2.26. The van der Waals surface area contributed by atoms with Crippen molar-refractivity contribution in [2.75, 3.05) is 26.3 Å². The quantitative estimate of drug-likeness (QED) is 0.303. The lowest BCUT2D eigenvalue weighted by atomic mass is 10.0. The number of amides is 4. The van der Waals surface area contributed by atoms with Crippen molar-refractivity contribution in [1.82, 2.24) is 20.3 Å². The third-order valence-corrected chi connectivity index (χ3v) is 5.70. The first-order valence-electron chi connectivity index (χ1n) is 11.6. The number of alkyl halides is 1. The normalized spacial score (nSPS) is 24.9. The molecule has 2 fully saturated rings. The zero-order valence-corrected chi connectivity index (χ0v) is 20.6. The molecule has 0 aromatic heterocycles. The van der Waals surface area contributed by atoms with E-state index in [2.05, 4.69) is 10.2 Å². The van der Waals surface area contributed by atoms with Crippen molar-refractivity contribution < 1.29 is 42.7 Å². The Hall–Kier alpha value is -2.93. The van der Waals surface area contributed by atoms with Gasteiger partial charge in [-0.3, -0.25) is 9.63 Å². The molecule has 0 aliphatic carbocycles. The molecule has 4 amide bonds. The van der Waals surface area contributed by atoms with Crippen LogP contribution in [0, 0.1) is 0 Å². The maximum Gasteiger partial charge on any atom is 0.410 e. The number of ether oxygens (including phenoxy) is 2. The SMILES string of the molecule is CCOC(=O)[C@H](F)ON1C(=O)N2C[C@H]1C=C(C)[C@H]2C(=O)NOC[C@@H]1CCCN1C(=O)OC(C)(C)C. The van der Waals surface area contributed by atoms with Gasteiger partial charge in [-0.15, -0.1) is 0 Å². The van der Waals surface area contributed by atoms with E-state index in [0.717, 1.165) is 11.5 Å². The molecule has 3 rings (SSSR count). The van der Waals surface area contributed by atoms with Crippen molar-refractivity contribution in [2.45, 2.75) is 77.5 Å². The van der Waals surface area contributed by atoms with Gasteiger partial charge in [-0.1, -0.05) is 6.08 Å². The first kappa shape index (κ1) is 26.7. The fourth-order valence-corrected chi connectivity index (χ4v) is 4.26. The van der Waals surface area contributed by atoms with Crippen LogP contribution in [0.1, 0.15) is 47.5 Å². The Morgan fingerprint density at radius 1 is 1.29 bits per heavy atom. The van der Waals surface area contributed by atoms with Gasteiger partial charge in [0.2, 0.25) is 0 Å². The van der Waals surface area contributed by atoms with Gasteiger partial charge >= 0.3 is 24.5 Å². The number of carbonyl (C=O) groups is 4. The molecular weight excluding hydrogens is 467 g/mol. The summed E-state index contributed by atoms with van der Waals surface area (Å²) in [5, 5.41) is 0.733. The average molecular weight is 501 g/mol. The van der Waals surface area contributed by atoms with Gasteiger partial charge in [-0.05, 0) is 53.0 Å². The van der Waals surface area contributed by atoms with Gasteiger partial charge < -0.3 is 19.3 Å². The molecule has 0 aromatic rings. The summed E-state index contributed by atoms with van der Waals surface area (Å²) >= 11 is 0. The Morgan fingerprint density at radius 3 is 2.66 bits per heavy atom. The number of fused-ring (bicyclic) bond motifs is 2. The molecule has 35 heavy (non-hydrogen) atoms. The van der Waals surface area contributed by atoms with Crippen LogP contribution in [0.15, 0.2) is 11.6 Å². The van der Waals surface area contributed by atoms with E-state index in [-0.39, 0.29) is 25.8 Å². The van der Waals surface area contributed by atoms with Gasteiger partial charge in [0.05, 0.1) is 31.8 Å². The van der Waals surface area contributed by atoms with E-state index in [1.54, 1.807) is 38.7 Å². The Labute approximate surface area is 203 Å². The van der Waals surface area contributed by atoms with E-state index in [1.165, 1.54) is 11.8 Å². The standard InChI is InChI=1S/C22H33FN4O8/c1-6-32-19(29)17(23)35-27-15-10-13(2)16(26(11-15)20(27)30)18(28)24-33-12-14-8-7-9-25(14)21(31)34-22(3,4)5/h10,14-17H,6-9,11-12H2,1-5H3,(H,24,28)/t14-,15+,16-,17+/m0/s1. The highest BCUT2D eigenvalue weighted by Gasteiger charge is 2.49. The Bertz CT molecular complexity index is 876. The molecule has 0 radical (unpaired) electrons. The van der Waals surface area contributed by atoms with Crippen LogP contribution in [-0.2, 0) is 28.7 Å². The number of carbonyl (C=O) groups excluding carboxylic acids is 4. The van der Waals surface area contributed by atoms with Crippen LogP contribution in [0.5, 0.6) is 0 Å². The molecule has 2 bridgehead atoms. The lowest BCUT2D eigenvalue weighted by Gasteiger charge is -2.30. The Kier molecular flexibility index (Phi) is 8.21. The first-order valence-corrected chi connectivity index (χ1v) is 11.6. The van der Waals surface area contributed by atoms with Crippen molar-refractivity contribution in [3.8, 4) is 0 Å². The number of nitrogens with zero attached hydrogens (tertiary/aromatic N) is 3. The number of urea groups is 1. The highest BCUT2D eigenvalue weighted by atomic mass is 19.1. The average Bonchev–Trinajstić information content (AvgIpc) is 3.32. The van der Waals surface area contributed by atoms with Crippen LogP contribution in [0.2, 0.25) is 0 Å².